The van der Waals surface area contributed by atoms with Crippen molar-refractivity contribution < 1.29 is 9.53 Å². The van der Waals surface area contributed by atoms with Gasteiger partial charge in [0.05, 0.1) is 0 Å². The lowest BCUT2D eigenvalue weighted by Crippen LogP contribution is -2.44. The van der Waals surface area contributed by atoms with E-state index in [0.29, 0.717) is 18.2 Å². The molecule has 1 atom stereocenters. The van der Waals surface area contributed by atoms with Crippen molar-refractivity contribution in [3.8, 4) is 16.9 Å². The van der Waals surface area contributed by atoms with Crippen molar-refractivity contribution in [2.75, 3.05) is 26.2 Å². The molecule has 1 aliphatic heterocycles. The molecule has 1 aliphatic rings. The SMILES string of the molecule is CCCN(CCCCNC(=O)c1ccc(-c2ccccc2)cc1)C1COc2ccccc2C1. The molecule has 3 aromatic rings. The number of benzene rings is 3. The number of hydrogen-bond acceptors (Lipinski definition) is 3. The van der Waals surface area contributed by atoms with Gasteiger partial charge in [-0.25, -0.2) is 0 Å². The molecule has 0 radical (unpaired) electrons. The number of nitrogens with zero attached hydrogens (tertiary/aromatic N) is 1. The first-order valence-corrected chi connectivity index (χ1v) is 12.1. The number of fused-ring (bicyclic) bond motifs is 1. The molecular weight excluding hydrogens is 408 g/mol. The third-order valence-electron chi connectivity index (χ3n) is 6.30. The van der Waals surface area contributed by atoms with Gasteiger partial charge in [-0.15, -0.1) is 0 Å². The van der Waals surface area contributed by atoms with E-state index < -0.39 is 0 Å². The third-order valence-corrected chi connectivity index (χ3v) is 6.30. The summed E-state index contributed by atoms with van der Waals surface area (Å²) in [5.41, 5.74) is 4.30. The van der Waals surface area contributed by atoms with Gasteiger partial charge in [-0.05, 0) is 73.7 Å². The largest absolute Gasteiger partial charge is 0.492 e. The van der Waals surface area contributed by atoms with Crippen LogP contribution in [0.25, 0.3) is 11.1 Å². The summed E-state index contributed by atoms with van der Waals surface area (Å²) in [6, 6.07) is 26.8. The van der Waals surface area contributed by atoms with Crippen molar-refractivity contribution in [2.45, 2.75) is 38.6 Å². The second kappa shape index (κ2) is 11.7. The van der Waals surface area contributed by atoms with Crippen LogP contribution in [0.4, 0.5) is 0 Å². The number of nitrogens with one attached hydrogen (secondary N) is 1. The van der Waals surface area contributed by atoms with Crippen LogP contribution in [-0.2, 0) is 6.42 Å². The number of ether oxygens (including phenoxy) is 1. The summed E-state index contributed by atoms with van der Waals surface area (Å²) < 4.78 is 6.01. The first-order chi connectivity index (χ1) is 16.2. The standard InChI is InChI=1S/C29H34N2O2/c1-2-19-31(27-21-26-12-6-7-13-28(26)33-22-27)20-9-8-18-30-29(32)25-16-14-24(15-17-25)23-10-4-3-5-11-23/h3-7,10-17,27H,2,8-9,18-22H2,1H3,(H,30,32). The normalized spacial score (nSPS) is 15.0. The lowest BCUT2D eigenvalue weighted by molar-refractivity contribution is 0.0950. The highest BCUT2D eigenvalue weighted by Crippen LogP contribution is 2.26. The number of para-hydroxylation sites is 1. The van der Waals surface area contributed by atoms with Crippen molar-refractivity contribution >= 4 is 5.91 Å². The van der Waals surface area contributed by atoms with Crippen LogP contribution in [0.2, 0.25) is 0 Å². The minimum Gasteiger partial charge on any atom is -0.492 e. The Morgan fingerprint density at radius 2 is 1.64 bits per heavy atom. The van der Waals surface area contributed by atoms with E-state index in [0.717, 1.165) is 62.3 Å². The Labute approximate surface area is 197 Å². The molecule has 1 unspecified atom stereocenters. The monoisotopic (exact) mass is 442 g/mol. The topological polar surface area (TPSA) is 41.6 Å². The Bertz CT molecular complexity index is 1020. The highest BCUT2D eigenvalue weighted by molar-refractivity contribution is 5.94. The predicted octanol–water partition coefficient (Wildman–Crippen LogP) is 5.58. The lowest BCUT2D eigenvalue weighted by Gasteiger charge is -2.35. The van der Waals surface area contributed by atoms with E-state index in [4.69, 9.17) is 4.74 Å². The molecule has 4 heteroatoms. The lowest BCUT2D eigenvalue weighted by atomic mass is 10.0. The van der Waals surface area contributed by atoms with Crippen LogP contribution < -0.4 is 10.1 Å². The Morgan fingerprint density at radius 1 is 0.909 bits per heavy atom. The maximum absolute atomic E-state index is 12.5. The third kappa shape index (κ3) is 6.23. The number of rotatable bonds is 10. The molecule has 0 spiro atoms. The number of carbonyl (C=O) groups is 1. The molecule has 0 fully saturated rings. The molecule has 0 bridgehead atoms. The highest BCUT2D eigenvalue weighted by atomic mass is 16.5. The molecule has 0 aliphatic carbocycles. The number of amides is 1. The van der Waals surface area contributed by atoms with Gasteiger partial charge in [0.25, 0.3) is 5.91 Å². The molecule has 172 valence electrons. The van der Waals surface area contributed by atoms with Gasteiger partial charge in [-0.1, -0.05) is 67.6 Å². The maximum atomic E-state index is 12.5. The van der Waals surface area contributed by atoms with Crippen LogP contribution in [0.5, 0.6) is 5.75 Å². The molecule has 33 heavy (non-hydrogen) atoms. The van der Waals surface area contributed by atoms with Gasteiger partial charge >= 0.3 is 0 Å². The Kier molecular flexibility index (Phi) is 8.15. The molecule has 3 aromatic carbocycles. The Morgan fingerprint density at radius 3 is 2.42 bits per heavy atom. The fraction of sp³-hybridized carbons (Fsp3) is 0.345. The summed E-state index contributed by atoms with van der Waals surface area (Å²) in [6.45, 7) is 5.80. The second-order valence-corrected chi connectivity index (χ2v) is 8.72. The van der Waals surface area contributed by atoms with E-state index in [-0.39, 0.29) is 5.91 Å². The smallest absolute Gasteiger partial charge is 0.251 e. The summed E-state index contributed by atoms with van der Waals surface area (Å²) in [6.07, 6.45) is 4.21. The number of hydrogen-bond donors (Lipinski definition) is 1. The van der Waals surface area contributed by atoms with E-state index in [1.165, 1.54) is 5.56 Å². The maximum Gasteiger partial charge on any atom is 0.251 e. The van der Waals surface area contributed by atoms with E-state index in [9.17, 15) is 4.79 Å². The molecule has 1 amide bonds. The van der Waals surface area contributed by atoms with Crippen LogP contribution in [0, 0.1) is 0 Å². The molecule has 1 heterocycles. The Balaban J connectivity index is 1.21. The molecule has 0 aromatic heterocycles. The zero-order chi connectivity index (χ0) is 22.9. The van der Waals surface area contributed by atoms with Gasteiger partial charge in [0.1, 0.15) is 12.4 Å². The van der Waals surface area contributed by atoms with Crippen molar-refractivity contribution in [1.82, 2.24) is 10.2 Å². The number of unbranched alkanes of at least 4 members (excludes halogenated alkanes) is 1. The van der Waals surface area contributed by atoms with Gasteiger partial charge in [0.2, 0.25) is 0 Å². The summed E-state index contributed by atoms with van der Waals surface area (Å²) in [5, 5.41) is 3.07. The van der Waals surface area contributed by atoms with Gasteiger partial charge < -0.3 is 10.1 Å². The molecule has 4 rings (SSSR count). The van der Waals surface area contributed by atoms with Crippen molar-refractivity contribution in [1.29, 1.82) is 0 Å². The average Bonchev–Trinajstić information content (AvgIpc) is 2.88. The van der Waals surface area contributed by atoms with Crippen molar-refractivity contribution in [2.24, 2.45) is 0 Å². The fourth-order valence-electron chi connectivity index (χ4n) is 4.50. The fourth-order valence-corrected chi connectivity index (χ4v) is 4.50. The van der Waals surface area contributed by atoms with Crippen molar-refractivity contribution in [3.05, 3.63) is 90.0 Å². The minimum absolute atomic E-state index is 0.00249. The quantitative estimate of drug-likeness (QED) is 0.417. The zero-order valence-electron chi connectivity index (χ0n) is 19.5. The summed E-state index contributed by atoms with van der Waals surface area (Å²) in [4.78, 5) is 15.1. The van der Waals surface area contributed by atoms with Crippen LogP contribution in [0.1, 0.15) is 42.1 Å². The van der Waals surface area contributed by atoms with Gasteiger partial charge in [0.15, 0.2) is 0 Å². The molecule has 1 N–H and O–H groups in total. The van der Waals surface area contributed by atoms with Crippen LogP contribution >= 0.6 is 0 Å². The van der Waals surface area contributed by atoms with E-state index in [1.807, 2.05) is 48.5 Å². The first kappa shape index (κ1) is 23.1. The molecule has 4 nitrogen and oxygen atoms in total. The summed E-state index contributed by atoms with van der Waals surface area (Å²) >= 11 is 0. The highest BCUT2D eigenvalue weighted by Gasteiger charge is 2.24. The van der Waals surface area contributed by atoms with Gasteiger partial charge in [0, 0.05) is 18.2 Å². The number of carbonyl (C=O) groups excluding carboxylic acids is 1. The minimum atomic E-state index is -0.00249. The van der Waals surface area contributed by atoms with E-state index >= 15 is 0 Å². The van der Waals surface area contributed by atoms with E-state index in [1.54, 1.807) is 0 Å². The molecular formula is C29H34N2O2. The molecule has 0 saturated carbocycles. The van der Waals surface area contributed by atoms with Crippen LogP contribution in [0.15, 0.2) is 78.9 Å². The first-order valence-electron chi connectivity index (χ1n) is 12.1. The van der Waals surface area contributed by atoms with E-state index in [2.05, 4.69) is 47.5 Å². The summed E-state index contributed by atoms with van der Waals surface area (Å²) in [7, 11) is 0. The zero-order valence-corrected chi connectivity index (χ0v) is 19.5. The predicted molar refractivity (Wildman–Crippen MR) is 135 cm³/mol. The van der Waals surface area contributed by atoms with Crippen LogP contribution in [0.3, 0.4) is 0 Å². The summed E-state index contributed by atoms with van der Waals surface area (Å²) in [5.74, 6) is 1.03. The van der Waals surface area contributed by atoms with Crippen LogP contribution in [-0.4, -0.2) is 43.1 Å². The Hall–Kier alpha value is -3.11. The van der Waals surface area contributed by atoms with Gasteiger partial charge in [-0.3, -0.25) is 9.69 Å². The van der Waals surface area contributed by atoms with Crippen molar-refractivity contribution in [3.63, 3.8) is 0 Å². The van der Waals surface area contributed by atoms with Gasteiger partial charge in [-0.2, -0.15) is 0 Å². The molecule has 0 saturated heterocycles. The second-order valence-electron chi connectivity index (χ2n) is 8.72. The average molecular weight is 443 g/mol.